The molecular formula is C16H23N3S. The first-order valence-corrected chi connectivity index (χ1v) is 8.17. The Morgan fingerprint density at radius 1 is 1.15 bits per heavy atom. The molecule has 4 heteroatoms. The average molecular weight is 289 g/mol. The topological polar surface area (TPSA) is 29.6 Å². The third kappa shape index (κ3) is 3.79. The van der Waals surface area contributed by atoms with Gasteiger partial charge < -0.3 is 4.57 Å². The normalized spacial score (nSPS) is 12.1. The van der Waals surface area contributed by atoms with Crippen molar-refractivity contribution in [1.82, 2.24) is 4.57 Å². The Balaban J connectivity index is 2.35. The fourth-order valence-corrected chi connectivity index (χ4v) is 3.16. The predicted molar refractivity (Wildman–Crippen MR) is 88.3 cm³/mol. The van der Waals surface area contributed by atoms with Crippen molar-refractivity contribution >= 4 is 27.3 Å². The number of hydrogen-bond acceptors (Lipinski definition) is 3. The molecule has 0 aliphatic heterocycles. The van der Waals surface area contributed by atoms with Gasteiger partial charge in [-0.25, -0.2) is 0 Å². The highest BCUT2D eigenvalue weighted by molar-refractivity contribution is 7.16. The second-order valence-electron chi connectivity index (χ2n) is 5.21. The summed E-state index contributed by atoms with van der Waals surface area (Å²) in [5.74, 6) is 0. The van der Waals surface area contributed by atoms with Gasteiger partial charge in [0.25, 0.3) is 0 Å². The van der Waals surface area contributed by atoms with Crippen molar-refractivity contribution in [2.45, 2.75) is 53.0 Å². The average Bonchev–Trinajstić information content (AvgIpc) is 2.79. The largest absolute Gasteiger partial charge is 0.315 e. The lowest BCUT2D eigenvalue weighted by Crippen LogP contribution is -2.14. The maximum absolute atomic E-state index is 4.41. The summed E-state index contributed by atoms with van der Waals surface area (Å²) in [6.07, 6.45) is 5.06. The lowest BCUT2D eigenvalue weighted by atomic mass is 10.2. The van der Waals surface area contributed by atoms with Gasteiger partial charge in [-0.2, -0.15) is 5.10 Å². The van der Waals surface area contributed by atoms with E-state index in [0.29, 0.717) is 0 Å². The zero-order valence-corrected chi connectivity index (χ0v) is 13.4. The van der Waals surface area contributed by atoms with E-state index in [1.165, 1.54) is 35.9 Å². The summed E-state index contributed by atoms with van der Waals surface area (Å²) in [7, 11) is 0. The Labute approximate surface area is 124 Å². The quantitative estimate of drug-likeness (QED) is 0.423. The van der Waals surface area contributed by atoms with E-state index in [4.69, 9.17) is 0 Å². The molecule has 1 aromatic carbocycles. The molecule has 108 valence electrons. The van der Waals surface area contributed by atoms with Crippen molar-refractivity contribution in [3.05, 3.63) is 29.1 Å². The highest BCUT2D eigenvalue weighted by Crippen LogP contribution is 2.17. The van der Waals surface area contributed by atoms with E-state index < -0.39 is 0 Å². The minimum atomic E-state index is 0.986. The fraction of sp³-hybridized carbons (Fsp3) is 0.500. The van der Waals surface area contributed by atoms with Gasteiger partial charge in [-0.3, -0.25) is 0 Å². The van der Waals surface area contributed by atoms with Gasteiger partial charge >= 0.3 is 0 Å². The number of aromatic nitrogens is 1. The summed E-state index contributed by atoms with van der Waals surface area (Å²) >= 11 is 1.72. The van der Waals surface area contributed by atoms with Gasteiger partial charge in [0.15, 0.2) is 0 Å². The van der Waals surface area contributed by atoms with Crippen LogP contribution in [0.1, 0.15) is 46.5 Å². The fourth-order valence-electron chi connectivity index (χ4n) is 2.15. The molecule has 2 aromatic rings. The molecule has 0 unspecified atom stereocenters. The van der Waals surface area contributed by atoms with Crippen molar-refractivity contribution in [2.75, 3.05) is 0 Å². The SMILES string of the molecule is CCCCCCn1c(=NN=C(C)C)sc2ccccc21. The number of para-hydroxylation sites is 1. The standard InChI is InChI=1S/C16H23N3S/c1-4-5-6-9-12-19-14-10-7-8-11-15(14)20-16(19)18-17-13(2)3/h7-8,10-11H,4-6,9,12H2,1-3H3. The number of rotatable bonds is 6. The Bertz CT molecular complexity index is 645. The van der Waals surface area contributed by atoms with Crippen LogP contribution in [-0.4, -0.2) is 10.3 Å². The third-order valence-electron chi connectivity index (χ3n) is 3.16. The summed E-state index contributed by atoms with van der Waals surface area (Å²) in [6.45, 7) is 7.22. The summed E-state index contributed by atoms with van der Waals surface area (Å²) in [5, 5.41) is 8.64. The van der Waals surface area contributed by atoms with Crippen LogP contribution in [0.4, 0.5) is 0 Å². The van der Waals surface area contributed by atoms with Crippen molar-refractivity contribution < 1.29 is 0 Å². The Morgan fingerprint density at radius 2 is 1.95 bits per heavy atom. The molecule has 0 N–H and O–H groups in total. The second-order valence-corrected chi connectivity index (χ2v) is 6.22. The molecule has 0 fully saturated rings. The molecule has 0 radical (unpaired) electrons. The van der Waals surface area contributed by atoms with Gasteiger partial charge in [-0.05, 0) is 32.4 Å². The van der Waals surface area contributed by atoms with E-state index in [1.54, 1.807) is 11.3 Å². The summed E-state index contributed by atoms with van der Waals surface area (Å²) < 4.78 is 3.59. The van der Waals surface area contributed by atoms with Gasteiger partial charge in [0, 0.05) is 12.3 Å². The van der Waals surface area contributed by atoms with Crippen LogP contribution in [-0.2, 0) is 6.54 Å². The van der Waals surface area contributed by atoms with E-state index in [1.807, 2.05) is 13.8 Å². The van der Waals surface area contributed by atoms with E-state index in [2.05, 4.69) is 46.0 Å². The van der Waals surface area contributed by atoms with E-state index in [9.17, 15) is 0 Å². The Hall–Kier alpha value is -1.42. The highest BCUT2D eigenvalue weighted by Gasteiger charge is 2.05. The Kier molecular flexibility index (Phi) is 5.53. The zero-order chi connectivity index (χ0) is 14.4. The number of benzene rings is 1. The van der Waals surface area contributed by atoms with Crippen LogP contribution in [0.15, 0.2) is 34.5 Å². The van der Waals surface area contributed by atoms with E-state index >= 15 is 0 Å². The number of nitrogens with zero attached hydrogens (tertiary/aromatic N) is 3. The first-order valence-electron chi connectivity index (χ1n) is 7.35. The summed E-state index contributed by atoms with van der Waals surface area (Å²) in [5.41, 5.74) is 2.26. The molecule has 0 saturated carbocycles. The first kappa shape index (κ1) is 15.0. The molecule has 0 spiro atoms. The maximum atomic E-state index is 4.41. The van der Waals surface area contributed by atoms with Gasteiger partial charge in [-0.15, -0.1) is 5.10 Å². The van der Waals surface area contributed by atoms with Gasteiger partial charge in [0.1, 0.15) is 0 Å². The van der Waals surface area contributed by atoms with Crippen LogP contribution in [0, 0.1) is 0 Å². The molecule has 3 nitrogen and oxygen atoms in total. The molecule has 1 heterocycles. The van der Waals surface area contributed by atoms with E-state index in [0.717, 1.165) is 17.1 Å². The highest BCUT2D eigenvalue weighted by atomic mass is 32.1. The van der Waals surface area contributed by atoms with Crippen LogP contribution in [0.2, 0.25) is 0 Å². The lowest BCUT2D eigenvalue weighted by molar-refractivity contribution is 0.583. The molecule has 0 bridgehead atoms. The first-order chi connectivity index (χ1) is 9.72. The Morgan fingerprint density at radius 3 is 2.70 bits per heavy atom. The van der Waals surface area contributed by atoms with Crippen LogP contribution in [0.25, 0.3) is 10.2 Å². The summed E-state index contributed by atoms with van der Waals surface area (Å²) in [4.78, 5) is 1.00. The zero-order valence-electron chi connectivity index (χ0n) is 12.6. The smallest absolute Gasteiger partial charge is 0.211 e. The number of fused-ring (bicyclic) bond motifs is 1. The second kappa shape index (κ2) is 7.39. The van der Waals surface area contributed by atoms with Crippen LogP contribution < -0.4 is 4.80 Å². The minimum Gasteiger partial charge on any atom is -0.315 e. The van der Waals surface area contributed by atoms with Crippen LogP contribution >= 0.6 is 11.3 Å². The van der Waals surface area contributed by atoms with Crippen molar-refractivity contribution in [3.63, 3.8) is 0 Å². The molecule has 2 rings (SSSR count). The van der Waals surface area contributed by atoms with Gasteiger partial charge in [0.05, 0.1) is 10.2 Å². The molecular weight excluding hydrogens is 266 g/mol. The molecule has 0 aliphatic carbocycles. The number of thiazole rings is 1. The molecule has 0 atom stereocenters. The van der Waals surface area contributed by atoms with Gasteiger partial charge in [-0.1, -0.05) is 49.7 Å². The molecule has 1 aromatic heterocycles. The number of aryl methyl sites for hydroxylation is 1. The van der Waals surface area contributed by atoms with Crippen LogP contribution in [0.3, 0.4) is 0 Å². The molecule has 0 aliphatic rings. The third-order valence-corrected chi connectivity index (χ3v) is 4.21. The minimum absolute atomic E-state index is 0.986. The number of unbranched alkanes of at least 4 members (excludes halogenated alkanes) is 3. The molecule has 0 saturated heterocycles. The maximum Gasteiger partial charge on any atom is 0.211 e. The summed E-state index contributed by atoms with van der Waals surface area (Å²) in [6, 6.07) is 8.51. The van der Waals surface area contributed by atoms with Crippen molar-refractivity contribution in [3.8, 4) is 0 Å². The monoisotopic (exact) mass is 289 g/mol. The molecule has 20 heavy (non-hydrogen) atoms. The number of hydrogen-bond donors (Lipinski definition) is 0. The van der Waals surface area contributed by atoms with Crippen LogP contribution in [0.5, 0.6) is 0 Å². The lowest BCUT2D eigenvalue weighted by Gasteiger charge is -2.04. The van der Waals surface area contributed by atoms with Crippen molar-refractivity contribution in [1.29, 1.82) is 0 Å². The molecule has 0 amide bonds. The van der Waals surface area contributed by atoms with Crippen molar-refractivity contribution in [2.24, 2.45) is 10.2 Å². The van der Waals surface area contributed by atoms with E-state index in [-0.39, 0.29) is 0 Å². The van der Waals surface area contributed by atoms with Gasteiger partial charge in [0.2, 0.25) is 4.80 Å². The predicted octanol–water partition coefficient (Wildman–Crippen LogP) is 4.58.